The van der Waals surface area contributed by atoms with Crippen LogP contribution in [0.15, 0.2) is 53.5 Å². The number of nitrogens with two attached hydrogens (primary N) is 1. The molecule has 1 spiro atoms. The first-order valence-electron chi connectivity index (χ1n) is 20.6. The van der Waals surface area contributed by atoms with E-state index in [2.05, 4.69) is 21.9 Å². The highest BCUT2D eigenvalue weighted by Gasteiger charge is 2.78. The number of aliphatic hydroxyl groups is 3. The van der Waals surface area contributed by atoms with Gasteiger partial charge in [-0.25, -0.2) is 0 Å². The van der Waals surface area contributed by atoms with Gasteiger partial charge in [-0.2, -0.15) is 8.42 Å². The molecule has 1 amide bonds. The highest BCUT2D eigenvalue weighted by Crippen LogP contribution is 2.67. The lowest BCUT2D eigenvalue weighted by Gasteiger charge is -2.63. The Bertz CT molecular complexity index is 2370. The summed E-state index contributed by atoms with van der Waals surface area (Å²) in [5.74, 6) is -1.08. The number of amides is 1. The molecule has 1 saturated carbocycles. The first kappa shape index (κ1) is 42.7. The van der Waals surface area contributed by atoms with Crippen LogP contribution in [-0.2, 0) is 35.6 Å². The van der Waals surface area contributed by atoms with Crippen LogP contribution < -0.4 is 25.9 Å². The minimum atomic E-state index is -4.67. The van der Waals surface area contributed by atoms with E-state index in [1.54, 1.807) is 7.11 Å². The molecule has 9 rings (SSSR count). The van der Waals surface area contributed by atoms with E-state index in [0.717, 1.165) is 27.4 Å². The van der Waals surface area contributed by atoms with Crippen LogP contribution in [0, 0.1) is 17.4 Å². The highest BCUT2D eigenvalue weighted by molar-refractivity contribution is 7.79. The fourth-order valence-electron chi connectivity index (χ4n) is 13.0. The summed E-state index contributed by atoms with van der Waals surface area (Å²) in [4.78, 5) is 40.8. The van der Waals surface area contributed by atoms with Crippen LogP contribution in [0.25, 0.3) is 5.57 Å². The second-order valence-corrected chi connectivity index (χ2v) is 18.8. The number of likely N-dealkylation sites (N-methyl/N-ethyl adjacent to an activating group) is 1. The van der Waals surface area contributed by atoms with Crippen molar-refractivity contribution in [2.75, 3.05) is 58.9 Å². The first-order valence-corrected chi connectivity index (χ1v) is 22.0. The number of ether oxygens (including phenoxy) is 2. The smallest absolute Gasteiger partial charge is 0.394 e. The number of carbonyl (C=O) groups excluding carboxylic acids is 2. The normalized spacial score (nSPS) is 37.7. The van der Waals surface area contributed by atoms with Crippen molar-refractivity contribution >= 4 is 33.5 Å². The molecule has 1 aliphatic carbocycles. The lowest BCUT2D eigenvalue weighted by atomic mass is 9.47. The highest BCUT2D eigenvalue weighted by atomic mass is 32.3. The Kier molecular flexibility index (Phi) is 10.4. The van der Waals surface area contributed by atoms with Gasteiger partial charge in [-0.15, -0.1) is 0 Å². The number of carbonyl (C=O) groups is 2. The summed E-state index contributed by atoms with van der Waals surface area (Å²) in [5.41, 5.74) is 2.84. The molecule has 2 bridgehead atoms. The Morgan fingerprint density at radius 1 is 1.02 bits per heavy atom. The van der Waals surface area contributed by atoms with E-state index < -0.39 is 61.9 Å². The molecule has 17 heteroatoms. The SMILES string of the molecule is CC[C@]1(O)C[C@H]2CN(CCC3=c4ccccc4=N[C]3[C@@](C(=O)OC)(c3cc4c(cc3OC)N(C)[C@H]3[C@@](O)(C(N)=O)[C@H](O)[C@]5(CC)C=CCN6CC[C@]43[C@@H]65)C2)C1.O=S(=O)(O)O. The first-order chi connectivity index (χ1) is 28.3. The van der Waals surface area contributed by atoms with Gasteiger partial charge in [0.1, 0.15) is 23.3 Å². The fourth-order valence-corrected chi connectivity index (χ4v) is 13.0. The zero-order valence-electron chi connectivity index (χ0n) is 34.7. The van der Waals surface area contributed by atoms with E-state index >= 15 is 4.79 Å². The lowest BCUT2D eigenvalue weighted by Crippen LogP contribution is -2.81. The lowest BCUT2D eigenvalue weighted by molar-refractivity contribution is -0.201. The van der Waals surface area contributed by atoms with Crippen LogP contribution in [-0.4, -0.2) is 138 Å². The number of anilines is 1. The van der Waals surface area contributed by atoms with Crippen molar-refractivity contribution in [1.29, 1.82) is 0 Å². The van der Waals surface area contributed by atoms with Gasteiger partial charge >= 0.3 is 16.4 Å². The average molecular weight is 851 g/mol. The second kappa shape index (κ2) is 14.6. The van der Waals surface area contributed by atoms with Gasteiger partial charge in [0.15, 0.2) is 5.60 Å². The topological polar surface area (TPSA) is 236 Å². The summed E-state index contributed by atoms with van der Waals surface area (Å²) >= 11 is 0. The van der Waals surface area contributed by atoms with E-state index in [1.165, 1.54) is 7.11 Å². The summed E-state index contributed by atoms with van der Waals surface area (Å²) in [5, 5.41) is 38.7. The molecular formula is C43H56N5O11S. The van der Waals surface area contributed by atoms with E-state index in [0.29, 0.717) is 88.6 Å². The van der Waals surface area contributed by atoms with Crippen molar-refractivity contribution in [3.63, 3.8) is 0 Å². The number of fused-ring (bicyclic) bond motifs is 5. The summed E-state index contributed by atoms with van der Waals surface area (Å²) in [7, 11) is 0.194. The monoisotopic (exact) mass is 850 g/mol. The number of rotatable bonds is 6. The second-order valence-electron chi connectivity index (χ2n) is 17.9. The van der Waals surface area contributed by atoms with Crippen LogP contribution >= 0.6 is 0 Å². The van der Waals surface area contributed by atoms with E-state index in [1.807, 2.05) is 62.2 Å². The molecule has 7 N–H and O–H groups in total. The number of hydrogen-bond donors (Lipinski definition) is 6. The van der Waals surface area contributed by atoms with Gasteiger partial charge in [-0.3, -0.25) is 33.5 Å². The number of hydrogen-bond acceptors (Lipinski definition) is 13. The third kappa shape index (κ3) is 5.94. The molecule has 2 aromatic rings. The minimum absolute atomic E-state index is 0.0990. The largest absolute Gasteiger partial charge is 0.496 e. The van der Waals surface area contributed by atoms with Gasteiger partial charge in [-0.1, -0.05) is 44.2 Å². The van der Waals surface area contributed by atoms with Crippen molar-refractivity contribution in [2.45, 2.75) is 92.6 Å². The maximum atomic E-state index is 15.2. The summed E-state index contributed by atoms with van der Waals surface area (Å²) in [6.45, 7) is 7.33. The molecule has 16 nitrogen and oxygen atoms in total. The quantitative estimate of drug-likeness (QED) is 0.131. The zero-order chi connectivity index (χ0) is 43.4. The Morgan fingerprint density at radius 2 is 1.73 bits per heavy atom. The van der Waals surface area contributed by atoms with Crippen molar-refractivity contribution in [3.8, 4) is 5.75 Å². The van der Waals surface area contributed by atoms with Crippen molar-refractivity contribution in [3.05, 3.63) is 76.3 Å². The third-order valence-electron chi connectivity index (χ3n) is 15.1. The number of esters is 1. The molecule has 1 unspecified atom stereocenters. The summed E-state index contributed by atoms with van der Waals surface area (Å²) in [6.07, 6.45) is 5.67. The predicted molar refractivity (Wildman–Crippen MR) is 220 cm³/mol. The number of methoxy groups -OCH3 is 2. The van der Waals surface area contributed by atoms with Crippen LogP contribution in [0.1, 0.15) is 63.5 Å². The van der Waals surface area contributed by atoms with Gasteiger partial charge < -0.3 is 35.4 Å². The van der Waals surface area contributed by atoms with Gasteiger partial charge in [-0.05, 0) is 74.3 Å². The van der Waals surface area contributed by atoms with Gasteiger partial charge in [0, 0.05) is 72.6 Å². The van der Waals surface area contributed by atoms with E-state index in [-0.39, 0.29) is 12.0 Å². The van der Waals surface area contributed by atoms with Crippen LogP contribution in [0.3, 0.4) is 0 Å². The predicted octanol–water partition coefficient (Wildman–Crippen LogP) is 0.414. The molecule has 3 saturated heterocycles. The van der Waals surface area contributed by atoms with Crippen LogP contribution in [0.5, 0.6) is 5.75 Å². The summed E-state index contributed by atoms with van der Waals surface area (Å²) < 4.78 is 43.8. The van der Waals surface area contributed by atoms with E-state index in [9.17, 15) is 20.1 Å². The van der Waals surface area contributed by atoms with Crippen LogP contribution in [0.2, 0.25) is 0 Å². The number of aliphatic hydroxyl groups excluding tert-OH is 1. The van der Waals surface area contributed by atoms with Gasteiger partial charge in [0.05, 0.1) is 31.2 Å². The Hall–Kier alpha value is -3.94. The molecule has 0 aromatic heterocycles. The number of piperidine rings is 1. The maximum Gasteiger partial charge on any atom is 0.394 e. The average Bonchev–Trinajstić information content (AvgIpc) is 3.87. The van der Waals surface area contributed by atoms with E-state index in [4.69, 9.17) is 37.7 Å². The molecule has 1 radical (unpaired) electrons. The molecule has 325 valence electrons. The maximum absolute atomic E-state index is 15.2. The van der Waals surface area contributed by atoms with Crippen LogP contribution in [0.4, 0.5) is 5.69 Å². The zero-order valence-corrected chi connectivity index (χ0v) is 35.5. The Morgan fingerprint density at radius 3 is 2.38 bits per heavy atom. The third-order valence-corrected chi connectivity index (χ3v) is 15.1. The van der Waals surface area contributed by atoms with Crippen molar-refractivity contribution in [2.24, 2.45) is 22.1 Å². The number of nitrogens with zero attached hydrogens (tertiary/aromatic N) is 4. The molecule has 6 aliphatic heterocycles. The van der Waals surface area contributed by atoms with Crippen molar-refractivity contribution in [1.82, 2.24) is 9.80 Å². The molecule has 60 heavy (non-hydrogen) atoms. The van der Waals surface area contributed by atoms with Crippen molar-refractivity contribution < 1.29 is 51.9 Å². The Labute approximate surface area is 349 Å². The molecule has 6 heterocycles. The number of primary amides is 1. The Balaban J connectivity index is 0.000000943. The van der Waals surface area contributed by atoms with Gasteiger partial charge in [0.25, 0.3) is 5.91 Å². The minimum Gasteiger partial charge on any atom is -0.496 e. The van der Waals surface area contributed by atoms with Gasteiger partial charge in [0.2, 0.25) is 0 Å². The number of para-hydroxylation sites is 1. The summed E-state index contributed by atoms with van der Waals surface area (Å²) in [6, 6.07) is 11.5. The molecular weight excluding hydrogens is 795 g/mol. The number of benzene rings is 2. The fraction of sp³-hybridized carbons (Fsp3) is 0.581. The molecule has 4 fully saturated rings. The molecule has 2 aromatic carbocycles. The molecule has 10 atom stereocenters. The standard InChI is InChI=1S/C43H54N5O7.H2O4S/c1-6-39(52)21-25-22-42(38(51)55-5,33-27(13-17-47(23-25)24-39)26-11-8-9-12-30(26)45-33)29-19-28-31(20-32(29)54-4)46(3)35-41(28)15-18-48-16-10-14-40(7-2,34(41)48)36(49)43(35,53)37(44)50;1-5(2,3)4/h8-12,14,19-20,25,34-36,49,52-53H,6-7,13,15-18,21-24H2,1-5H3,(H2,44,50);(H2,1,2,3,4)/t25-,34+,35-,36-,39+,40-,41-,42+,43+;/m1./s1. The molecule has 7 aliphatic rings.